The van der Waals surface area contributed by atoms with Gasteiger partial charge >= 0.3 is 0 Å². The summed E-state index contributed by atoms with van der Waals surface area (Å²) in [4.78, 5) is 41.7. The quantitative estimate of drug-likeness (QED) is 0.401. The van der Waals surface area contributed by atoms with Crippen molar-refractivity contribution in [3.8, 4) is 0 Å². The summed E-state index contributed by atoms with van der Waals surface area (Å²) in [5, 5.41) is -0.175. The fraction of sp³-hybridized carbons (Fsp3) is 0.250. The highest BCUT2D eigenvalue weighted by Crippen LogP contribution is 2.20. The Morgan fingerprint density at radius 1 is 1.23 bits per heavy atom. The van der Waals surface area contributed by atoms with Crippen LogP contribution in [0.2, 0.25) is 0 Å². The lowest BCUT2D eigenvalue weighted by Gasteiger charge is -2.09. The molecule has 0 saturated carbocycles. The predicted molar refractivity (Wildman–Crippen MR) is 91.8 cm³/mol. The molecule has 2 amide bonds. The van der Waals surface area contributed by atoms with Gasteiger partial charge in [-0.3, -0.25) is 25.2 Å². The number of alkyl halides is 2. The monoisotopic (exact) mass is 382 g/mol. The molecule has 7 nitrogen and oxygen atoms in total. The van der Waals surface area contributed by atoms with E-state index in [9.17, 15) is 23.2 Å². The molecule has 0 atom stereocenters. The van der Waals surface area contributed by atoms with Gasteiger partial charge < -0.3 is 4.98 Å². The molecular formula is C16H16F2N4O3S. The van der Waals surface area contributed by atoms with Crippen LogP contribution in [-0.4, -0.2) is 27.5 Å². The summed E-state index contributed by atoms with van der Waals surface area (Å²) >= 11 is 0.142. The first kappa shape index (κ1) is 19.6. The Labute approximate surface area is 151 Å². The van der Waals surface area contributed by atoms with Crippen LogP contribution in [0, 0.1) is 6.92 Å². The van der Waals surface area contributed by atoms with Crippen molar-refractivity contribution < 1.29 is 18.4 Å². The zero-order chi connectivity index (χ0) is 19.1. The van der Waals surface area contributed by atoms with E-state index < -0.39 is 23.1 Å². The smallest absolute Gasteiger partial charge is 0.291 e. The van der Waals surface area contributed by atoms with Crippen molar-refractivity contribution in [2.75, 3.05) is 0 Å². The lowest BCUT2D eigenvalue weighted by molar-refractivity contribution is -0.121. The highest BCUT2D eigenvalue weighted by molar-refractivity contribution is 7.99. The maximum absolute atomic E-state index is 12.3. The minimum atomic E-state index is -2.69. The third-order valence-corrected chi connectivity index (χ3v) is 3.95. The van der Waals surface area contributed by atoms with Crippen molar-refractivity contribution in [2.24, 2.45) is 0 Å². The second-order valence-electron chi connectivity index (χ2n) is 5.18. The highest BCUT2D eigenvalue weighted by Gasteiger charge is 2.14. The number of nitrogens with one attached hydrogen (secondary N) is 3. The van der Waals surface area contributed by atoms with Gasteiger partial charge in [0, 0.05) is 23.2 Å². The summed E-state index contributed by atoms with van der Waals surface area (Å²) in [5.41, 5.74) is 4.84. The van der Waals surface area contributed by atoms with E-state index in [1.54, 1.807) is 30.3 Å². The molecule has 138 valence electrons. The Kier molecular flexibility index (Phi) is 6.84. The number of halogens is 2. The average Bonchev–Trinajstić information content (AvgIpc) is 2.59. The first-order valence-corrected chi connectivity index (χ1v) is 8.43. The number of nitrogens with zero attached hydrogens (tertiary/aromatic N) is 1. The number of H-pyrrole nitrogens is 1. The molecule has 0 radical (unpaired) electrons. The van der Waals surface area contributed by atoms with Gasteiger partial charge in [0.1, 0.15) is 0 Å². The van der Waals surface area contributed by atoms with E-state index in [-0.39, 0.29) is 41.0 Å². The number of rotatable bonds is 6. The maximum atomic E-state index is 12.3. The van der Waals surface area contributed by atoms with E-state index in [4.69, 9.17) is 0 Å². The van der Waals surface area contributed by atoms with Crippen molar-refractivity contribution >= 4 is 23.6 Å². The van der Waals surface area contributed by atoms with Crippen LogP contribution in [0.15, 0.2) is 40.3 Å². The number of thioether (sulfide) groups is 1. The molecule has 0 aliphatic carbocycles. The minimum absolute atomic E-state index is 0.0564. The molecule has 26 heavy (non-hydrogen) atoms. The molecule has 0 bridgehead atoms. The van der Waals surface area contributed by atoms with Crippen LogP contribution in [-0.2, 0) is 11.2 Å². The summed E-state index contributed by atoms with van der Waals surface area (Å²) in [6.45, 7) is 1.51. The molecule has 2 rings (SSSR count). The standard InChI is InChI=1S/C16H16F2N4O3S/c1-9-11(14(25)20-16(19-9)26-15(17)18)7-8-12(23)21-22-13(24)10-5-3-2-4-6-10/h2-6,15H,7-8H2,1H3,(H,21,23)(H,22,24)(H,19,20,25). The minimum Gasteiger partial charge on any atom is -0.301 e. The molecule has 3 N–H and O–H groups in total. The van der Waals surface area contributed by atoms with Crippen LogP contribution in [0.5, 0.6) is 0 Å². The Morgan fingerprint density at radius 3 is 2.54 bits per heavy atom. The summed E-state index contributed by atoms with van der Waals surface area (Å²) < 4.78 is 24.6. The number of aryl methyl sites for hydroxylation is 1. The second kappa shape index (κ2) is 9.09. The number of hydrazine groups is 1. The van der Waals surface area contributed by atoms with Crippen molar-refractivity contribution in [1.29, 1.82) is 0 Å². The molecule has 2 aromatic rings. The van der Waals surface area contributed by atoms with E-state index in [1.807, 2.05) is 0 Å². The Hall–Kier alpha value is -2.75. The molecule has 0 saturated heterocycles. The number of carbonyl (C=O) groups is 2. The van der Waals surface area contributed by atoms with Gasteiger partial charge in [0.15, 0.2) is 5.16 Å². The zero-order valence-corrected chi connectivity index (χ0v) is 14.5. The second-order valence-corrected chi connectivity index (χ2v) is 6.16. The number of hydrogen-bond acceptors (Lipinski definition) is 5. The Balaban J connectivity index is 1.89. The van der Waals surface area contributed by atoms with E-state index in [0.717, 1.165) is 0 Å². The van der Waals surface area contributed by atoms with Crippen molar-refractivity contribution in [2.45, 2.75) is 30.7 Å². The van der Waals surface area contributed by atoms with Gasteiger partial charge in [0.25, 0.3) is 17.2 Å². The number of hydrogen-bond donors (Lipinski definition) is 3. The summed E-state index contributed by atoms with van der Waals surface area (Å²) in [7, 11) is 0. The van der Waals surface area contributed by atoms with Gasteiger partial charge in [0.2, 0.25) is 5.91 Å². The number of aromatic amines is 1. The van der Waals surface area contributed by atoms with Gasteiger partial charge in [-0.05, 0) is 37.2 Å². The molecule has 1 aromatic carbocycles. The van der Waals surface area contributed by atoms with Crippen LogP contribution in [0.1, 0.15) is 28.0 Å². The van der Waals surface area contributed by atoms with E-state index in [1.165, 1.54) is 6.92 Å². The van der Waals surface area contributed by atoms with Crippen molar-refractivity contribution in [3.05, 3.63) is 57.5 Å². The lowest BCUT2D eigenvalue weighted by atomic mass is 10.1. The molecule has 0 unspecified atom stereocenters. The lowest BCUT2D eigenvalue weighted by Crippen LogP contribution is -2.41. The van der Waals surface area contributed by atoms with Crippen molar-refractivity contribution in [3.63, 3.8) is 0 Å². The first-order chi connectivity index (χ1) is 12.4. The molecule has 0 aliphatic rings. The van der Waals surface area contributed by atoms with Crippen LogP contribution in [0.3, 0.4) is 0 Å². The molecule has 0 fully saturated rings. The summed E-state index contributed by atoms with van der Waals surface area (Å²) in [6.07, 6.45) is -0.0250. The fourth-order valence-electron chi connectivity index (χ4n) is 2.11. The molecule has 1 aromatic heterocycles. The van der Waals surface area contributed by atoms with Gasteiger partial charge in [-0.2, -0.15) is 8.78 Å². The summed E-state index contributed by atoms with van der Waals surface area (Å²) in [6, 6.07) is 8.32. The van der Waals surface area contributed by atoms with Crippen molar-refractivity contribution in [1.82, 2.24) is 20.8 Å². The van der Waals surface area contributed by atoms with Gasteiger partial charge in [-0.25, -0.2) is 4.98 Å². The van der Waals surface area contributed by atoms with Gasteiger partial charge in [-0.1, -0.05) is 18.2 Å². The van der Waals surface area contributed by atoms with Gasteiger partial charge in [0.05, 0.1) is 0 Å². The van der Waals surface area contributed by atoms with Crippen LogP contribution in [0.25, 0.3) is 0 Å². The number of amides is 2. The van der Waals surface area contributed by atoms with Crippen LogP contribution < -0.4 is 16.4 Å². The average molecular weight is 382 g/mol. The fourth-order valence-corrected chi connectivity index (χ4v) is 2.62. The number of carbonyl (C=O) groups excluding carboxylic acids is 2. The highest BCUT2D eigenvalue weighted by atomic mass is 32.2. The van der Waals surface area contributed by atoms with Gasteiger partial charge in [-0.15, -0.1) is 0 Å². The zero-order valence-electron chi connectivity index (χ0n) is 13.7. The summed E-state index contributed by atoms with van der Waals surface area (Å²) in [5.74, 6) is -3.66. The number of aromatic nitrogens is 2. The Morgan fingerprint density at radius 2 is 1.92 bits per heavy atom. The predicted octanol–water partition coefficient (Wildman–Crippen LogP) is 1.79. The normalized spacial score (nSPS) is 10.6. The van der Waals surface area contributed by atoms with E-state index >= 15 is 0 Å². The number of benzene rings is 1. The largest absolute Gasteiger partial charge is 0.301 e. The van der Waals surface area contributed by atoms with Crippen LogP contribution >= 0.6 is 11.8 Å². The molecule has 0 aliphatic heterocycles. The third kappa shape index (κ3) is 5.66. The molecule has 0 spiro atoms. The van der Waals surface area contributed by atoms with E-state index in [2.05, 4.69) is 20.8 Å². The maximum Gasteiger partial charge on any atom is 0.291 e. The molecule has 10 heteroatoms. The Bertz CT molecular complexity index is 843. The molecule has 1 heterocycles. The molecular weight excluding hydrogens is 366 g/mol. The van der Waals surface area contributed by atoms with Crippen LogP contribution in [0.4, 0.5) is 8.78 Å². The third-order valence-electron chi connectivity index (χ3n) is 3.35. The topological polar surface area (TPSA) is 104 Å². The van der Waals surface area contributed by atoms with E-state index in [0.29, 0.717) is 5.56 Å². The first-order valence-electron chi connectivity index (χ1n) is 7.55. The SMILES string of the molecule is Cc1nc(SC(F)F)[nH]c(=O)c1CCC(=O)NNC(=O)c1ccccc1.